The number of ether oxygens (including phenoxy) is 1. The van der Waals surface area contributed by atoms with Crippen LogP contribution in [0, 0.1) is 0 Å². The molecule has 0 saturated heterocycles. The number of fused-ring (bicyclic) bond motifs is 1. The summed E-state index contributed by atoms with van der Waals surface area (Å²) < 4.78 is 49.8. The summed E-state index contributed by atoms with van der Waals surface area (Å²) in [6.45, 7) is 0. The summed E-state index contributed by atoms with van der Waals surface area (Å²) in [6, 6.07) is 1.94. The van der Waals surface area contributed by atoms with Crippen LogP contribution < -0.4 is 0 Å². The molecule has 0 N–H and O–H groups in total. The molecule has 1 aromatic heterocycles. The predicted molar refractivity (Wildman–Crippen MR) is 53.8 cm³/mol. The molecule has 2 aromatic rings. The molecule has 0 atom stereocenters. The zero-order valence-corrected chi connectivity index (χ0v) is 9.22. The molecular weight excluding hydrogens is 257 g/mol. The van der Waals surface area contributed by atoms with Gasteiger partial charge in [-0.25, -0.2) is 4.79 Å². The highest BCUT2D eigenvalue weighted by Crippen LogP contribution is 2.35. The van der Waals surface area contributed by atoms with Gasteiger partial charge in [-0.3, -0.25) is 0 Å². The summed E-state index contributed by atoms with van der Waals surface area (Å²) in [6.07, 6.45) is -4.59. The maximum absolute atomic E-state index is 12.7. The normalized spacial score (nSPS) is 11.8. The Kier molecular flexibility index (Phi) is 2.74. The van der Waals surface area contributed by atoms with Gasteiger partial charge in [0.1, 0.15) is 11.0 Å². The van der Waals surface area contributed by atoms with Crippen LogP contribution in [0.1, 0.15) is 15.9 Å². The lowest BCUT2D eigenvalue weighted by molar-refractivity contribution is -0.136. The number of carbonyl (C=O) groups is 1. The first-order valence-electron chi connectivity index (χ1n) is 4.35. The summed E-state index contributed by atoms with van der Waals surface area (Å²) in [7, 11) is 1.10. The Labute approximate surface area is 97.3 Å². The van der Waals surface area contributed by atoms with Crippen molar-refractivity contribution in [2.45, 2.75) is 6.18 Å². The van der Waals surface area contributed by atoms with Crippen molar-refractivity contribution in [2.75, 3.05) is 7.11 Å². The van der Waals surface area contributed by atoms with Crippen LogP contribution in [0.25, 0.3) is 11.0 Å². The number of carbonyl (C=O) groups excluding carboxylic acids is 1. The van der Waals surface area contributed by atoms with Crippen LogP contribution in [0.15, 0.2) is 12.1 Å². The third-order valence-electron chi connectivity index (χ3n) is 2.09. The first-order valence-corrected chi connectivity index (χ1v) is 5.08. The standard InChI is InChI=1S/C9H5F3N2O2S/c1-16-8(15)4-2-5(9(10,11)12)7-6(3-4)13-17-14-7/h2-3H,1H3. The van der Waals surface area contributed by atoms with Gasteiger partial charge in [0.05, 0.1) is 30.0 Å². The Hall–Kier alpha value is -1.70. The Morgan fingerprint density at radius 3 is 2.65 bits per heavy atom. The number of hydrogen-bond donors (Lipinski definition) is 0. The predicted octanol–water partition coefficient (Wildman–Crippen LogP) is 2.50. The fraction of sp³-hybridized carbons (Fsp3) is 0.222. The van der Waals surface area contributed by atoms with Crippen LogP contribution in [0.5, 0.6) is 0 Å². The van der Waals surface area contributed by atoms with Gasteiger partial charge >= 0.3 is 12.1 Å². The molecular formula is C9H5F3N2O2S. The third-order valence-corrected chi connectivity index (χ3v) is 2.63. The van der Waals surface area contributed by atoms with Gasteiger partial charge in [-0.2, -0.15) is 21.9 Å². The van der Waals surface area contributed by atoms with Crippen molar-refractivity contribution >= 4 is 28.7 Å². The molecule has 0 aliphatic heterocycles. The molecule has 0 aliphatic carbocycles. The largest absolute Gasteiger partial charge is 0.465 e. The van der Waals surface area contributed by atoms with E-state index in [1.165, 1.54) is 6.07 Å². The Morgan fingerprint density at radius 2 is 2.06 bits per heavy atom. The minimum Gasteiger partial charge on any atom is -0.465 e. The first kappa shape index (κ1) is 11.8. The van der Waals surface area contributed by atoms with Crippen LogP contribution in [-0.4, -0.2) is 21.8 Å². The van der Waals surface area contributed by atoms with Crippen molar-refractivity contribution in [2.24, 2.45) is 0 Å². The fourth-order valence-corrected chi connectivity index (χ4v) is 1.88. The minimum absolute atomic E-state index is 0.0326. The van der Waals surface area contributed by atoms with E-state index in [0.717, 1.165) is 13.2 Å². The summed E-state index contributed by atoms with van der Waals surface area (Å²) in [4.78, 5) is 11.2. The van der Waals surface area contributed by atoms with Gasteiger partial charge in [0.2, 0.25) is 0 Å². The molecule has 0 radical (unpaired) electrons. The molecule has 1 heterocycles. The van der Waals surface area contributed by atoms with Gasteiger partial charge in [0.15, 0.2) is 0 Å². The molecule has 4 nitrogen and oxygen atoms in total. The van der Waals surface area contributed by atoms with Crippen molar-refractivity contribution in [1.82, 2.24) is 8.75 Å². The van der Waals surface area contributed by atoms with Gasteiger partial charge in [-0.15, -0.1) is 0 Å². The molecule has 0 amide bonds. The van der Waals surface area contributed by atoms with Gasteiger partial charge in [-0.1, -0.05) is 0 Å². The molecule has 2 rings (SSSR count). The number of benzene rings is 1. The number of halogens is 3. The number of methoxy groups -OCH3 is 1. The summed E-state index contributed by atoms with van der Waals surface area (Å²) in [5, 5.41) is 0. The van der Waals surface area contributed by atoms with E-state index in [2.05, 4.69) is 13.5 Å². The highest BCUT2D eigenvalue weighted by Gasteiger charge is 2.35. The van der Waals surface area contributed by atoms with Gasteiger partial charge < -0.3 is 4.74 Å². The second-order valence-corrected chi connectivity index (χ2v) is 3.67. The van der Waals surface area contributed by atoms with E-state index >= 15 is 0 Å². The van der Waals surface area contributed by atoms with Crippen LogP contribution in [-0.2, 0) is 10.9 Å². The van der Waals surface area contributed by atoms with Gasteiger partial charge in [0.25, 0.3) is 0 Å². The topological polar surface area (TPSA) is 52.1 Å². The molecule has 90 valence electrons. The average Bonchev–Trinajstić information content (AvgIpc) is 2.72. The van der Waals surface area contributed by atoms with Crippen molar-refractivity contribution in [3.05, 3.63) is 23.3 Å². The zero-order valence-electron chi connectivity index (χ0n) is 8.41. The lowest BCUT2D eigenvalue weighted by atomic mass is 10.1. The number of hydrogen-bond acceptors (Lipinski definition) is 5. The highest BCUT2D eigenvalue weighted by molar-refractivity contribution is 7.00. The Morgan fingerprint density at radius 1 is 1.35 bits per heavy atom. The fourth-order valence-electron chi connectivity index (χ4n) is 1.34. The van der Waals surface area contributed by atoms with Crippen molar-refractivity contribution in [1.29, 1.82) is 0 Å². The first-order chi connectivity index (χ1) is 7.93. The monoisotopic (exact) mass is 262 g/mol. The highest BCUT2D eigenvalue weighted by atomic mass is 32.1. The van der Waals surface area contributed by atoms with Crippen LogP contribution in [0.3, 0.4) is 0 Å². The van der Waals surface area contributed by atoms with Crippen molar-refractivity contribution in [3.8, 4) is 0 Å². The lowest BCUT2D eigenvalue weighted by Crippen LogP contribution is -2.09. The molecule has 0 bridgehead atoms. The average molecular weight is 262 g/mol. The lowest BCUT2D eigenvalue weighted by Gasteiger charge is -2.08. The second kappa shape index (κ2) is 3.95. The smallest absolute Gasteiger partial charge is 0.418 e. The maximum Gasteiger partial charge on any atom is 0.418 e. The van der Waals surface area contributed by atoms with Crippen LogP contribution in [0.4, 0.5) is 13.2 Å². The summed E-state index contributed by atoms with van der Waals surface area (Å²) in [5.74, 6) is -0.842. The van der Waals surface area contributed by atoms with E-state index in [1.54, 1.807) is 0 Å². The van der Waals surface area contributed by atoms with E-state index in [9.17, 15) is 18.0 Å². The van der Waals surface area contributed by atoms with E-state index in [0.29, 0.717) is 11.7 Å². The number of aromatic nitrogens is 2. The van der Waals surface area contributed by atoms with Gasteiger partial charge in [0, 0.05) is 0 Å². The Balaban J connectivity index is 2.71. The van der Waals surface area contributed by atoms with Crippen LogP contribution in [0.2, 0.25) is 0 Å². The third kappa shape index (κ3) is 2.07. The minimum atomic E-state index is -4.59. The molecule has 0 unspecified atom stereocenters. The van der Waals surface area contributed by atoms with Gasteiger partial charge in [-0.05, 0) is 12.1 Å². The molecule has 8 heteroatoms. The van der Waals surface area contributed by atoms with Crippen molar-refractivity contribution < 1.29 is 22.7 Å². The molecule has 0 saturated carbocycles. The van der Waals surface area contributed by atoms with Crippen molar-refractivity contribution in [3.63, 3.8) is 0 Å². The molecule has 0 aliphatic rings. The number of rotatable bonds is 1. The summed E-state index contributed by atoms with van der Waals surface area (Å²) in [5.41, 5.74) is -1.40. The zero-order chi connectivity index (χ0) is 12.6. The second-order valence-electron chi connectivity index (χ2n) is 3.15. The van der Waals surface area contributed by atoms with E-state index in [-0.39, 0.29) is 16.6 Å². The van der Waals surface area contributed by atoms with E-state index in [1.807, 2.05) is 0 Å². The maximum atomic E-state index is 12.7. The number of esters is 1. The molecule has 1 aromatic carbocycles. The van der Waals surface area contributed by atoms with E-state index in [4.69, 9.17) is 0 Å². The molecule has 0 fully saturated rings. The number of nitrogens with zero attached hydrogens (tertiary/aromatic N) is 2. The van der Waals surface area contributed by atoms with E-state index < -0.39 is 17.7 Å². The quantitative estimate of drug-likeness (QED) is 0.741. The molecule has 17 heavy (non-hydrogen) atoms. The molecule has 0 spiro atoms. The summed E-state index contributed by atoms with van der Waals surface area (Å²) >= 11 is 0.659. The SMILES string of the molecule is COC(=O)c1cc(C(F)(F)F)c2nsnc2c1. The number of alkyl halides is 3. The van der Waals surface area contributed by atoms with Crippen LogP contribution >= 0.6 is 11.7 Å². The Bertz CT molecular complexity index is 579.